The minimum atomic E-state index is 0.482. The Kier molecular flexibility index (Phi) is 2.94. The molecule has 0 fully saturated rings. The molecule has 2 aromatic rings. The van der Waals surface area contributed by atoms with Gasteiger partial charge >= 0.3 is 0 Å². The van der Waals surface area contributed by atoms with E-state index >= 15 is 0 Å². The number of nitrogens with two attached hydrogens (primary N) is 1. The number of rotatable bonds is 2. The Morgan fingerprint density at radius 1 is 0.947 bits per heavy atom. The topological polar surface area (TPSA) is 26.0 Å². The van der Waals surface area contributed by atoms with E-state index in [9.17, 15) is 0 Å². The first-order valence-electron chi connectivity index (χ1n) is 7.04. The zero-order valence-corrected chi connectivity index (χ0v) is 12.0. The second-order valence-electron chi connectivity index (χ2n) is 5.76. The van der Waals surface area contributed by atoms with Gasteiger partial charge < -0.3 is 5.73 Å². The standard InChI is InChI=1S/C18H21N/c1-11-4-5-14-16(9-11)15(6-7-19)18-13(3)8-12(2)10-17(14)18/h4-5,8-10,15H,6-7,19H2,1-3H3. The van der Waals surface area contributed by atoms with Crippen LogP contribution in [-0.2, 0) is 0 Å². The van der Waals surface area contributed by atoms with E-state index in [1.807, 2.05) is 0 Å². The lowest BCUT2D eigenvalue weighted by Crippen LogP contribution is -2.07. The molecule has 0 bridgehead atoms. The average molecular weight is 251 g/mol. The van der Waals surface area contributed by atoms with E-state index in [2.05, 4.69) is 51.1 Å². The van der Waals surface area contributed by atoms with Crippen LogP contribution in [0, 0.1) is 20.8 Å². The van der Waals surface area contributed by atoms with Gasteiger partial charge in [0, 0.05) is 5.92 Å². The molecule has 0 amide bonds. The molecule has 0 aliphatic heterocycles. The summed E-state index contributed by atoms with van der Waals surface area (Å²) in [6.45, 7) is 7.32. The lowest BCUT2D eigenvalue weighted by atomic mass is 9.89. The van der Waals surface area contributed by atoms with Crippen molar-refractivity contribution in [2.45, 2.75) is 33.1 Å². The predicted molar refractivity (Wildman–Crippen MR) is 81.6 cm³/mol. The van der Waals surface area contributed by atoms with Gasteiger partial charge in [-0.25, -0.2) is 0 Å². The number of benzene rings is 2. The molecule has 0 aromatic heterocycles. The first-order chi connectivity index (χ1) is 9.11. The number of aryl methyl sites for hydroxylation is 3. The Balaban J connectivity index is 2.28. The lowest BCUT2D eigenvalue weighted by Gasteiger charge is -2.15. The van der Waals surface area contributed by atoms with Crippen LogP contribution in [0.25, 0.3) is 11.1 Å². The maximum absolute atomic E-state index is 5.84. The molecule has 0 spiro atoms. The maximum atomic E-state index is 5.84. The molecule has 1 unspecified atom stereocenters. The number of fused-ring (bicyclic) bond motifs is 3. The Morgan fingerprint density at radius 2 is 1.74 bits per heavy atom. The first kappa shape index (κ1) is 12.4. The van der Waals surface area contributed by atoms with E-state index in [-0.39, 0.29) is 0 Å². The quantitative estimate of drug-likeness (QED) is 0.855. The molecule has 2 N–H and O–H groups in total. The molecule has 1 aliphatic rings. The lowest BCUT2D eigenvalue weighted by molar-refractivity contribution is 0.736. The summed E-state index contributed by atoms with van der Waals surface area (Å²) in [5.74, 6) is 0.482. The third kappa shape index (κ3) is 1.89. The third-order valence-corrected chi connectivity index (χ3v) is 4.21. The molecule has 1 aliphatic carbocycles. The fourth-order valence-corrected chi connectivity index (χ4v) is 3.50. The Labute approximate surface area is 115 Å². The summed E-state index contributed by atoms with van der Waals surface area (Å²) >= 11 is 0. The van der Waals surface area contributed by atoms with Gasteiger partial charge in [-0.2, -0.15) is 0 Å². The molecule has 1 nitrogen and oxygen atoms in total. The van der Waals surface area contributed by atoms with Gasteiger partial charge in [0.1, 0.15) is 0 Å². The van der Waals surface area contributed by atoms with E-state index < -0.39 is 0 Å². The van der Waals surface area contributed by atoms with Crippen molar-refractivity contribution in [3.05, 3.63) is 58.1 Å². The van der Waals surface area contributed by atoms with Gasteiger partial charge in [0.15, 0.2) is 0 Å². The van der Waals surface area contributed by atoms with Gasteiger partial charge in [0.2, 0.25) is 0 Å². The van der Waals surface area contributed by atoms with Crippen molar-refractivity contribution in [2.24, 2.45) is 5.73 Å². The summed E-state index contributed by atoms with van der Waals surface area (Å²) in [4.78, 5) is 0. The molecule has 0 saturated heterocycles. The van der Waals surface area contributed by atoms with Crippen molar-refractivity contribution < 1.29 is 0 Å². The molecule has 0 saturated carbocycles. The SMILES string of the molecule is Cc1cc(C)c2c(c1)-c1ccc(C)cc1C2CCN. The molecule has 0 radical (unpaired) electrons. The molecule has 2 aromatic carbocycles. The Hall–Kier alpha value is -1.60. The van der Waals surface area contributed by atoms with Gasteiger partial charge in [-0.05, 0) is 61.6 Å². The minimum absolute atomic E-state index is 0.482. The second-order valence-corrected chi connectivity index (χ2v) is 5.76. The van der Waals surface area contributed by atoms with Crippen LogP contribution in [0.3, 0.4) is 0 Å². The molecular formula is C18H21N. The highest BCUT2D eigenvalue weighted by Gasteiger charge is 2.29. The monoisotopic (exact) mass is 251 g/mol. The smallest absolute Gasteiger partial charge is 0.0116 e. The zero-order valence-electron chi connectivity index (χ0n) is 12.0. The number of hydrogen-bond acceptors (Lipinski definition) is 1. The van der Waals surface area contributed by atoms with Crippen LogP contribution in [0.1, 0.15) is 40.2 Å². The summed E-state index contributed by atoms with van der Waals surface area (Å²) in [5, 5.41) is 0. The van der Waals surface area contributed by atoms with Crippen molar-refractivity contribution in [2.75, 3.05) is 6.54 Å². The van der Waals surface area contributed by atoms with Crippen molar-refractivity contribution in [3.8, 4) is 11.1 Å². The molecule has 1 atom stereocenters. The largest absolute Gasteiger partial charge is 0.330 e. The van der Waals surface area contributed by atoms with E-state index in [0.717, 1.165) is 13.0 Å². The van der Waals surface area contributed by atoms with Crippen LogP contribution in [0.2, 0.25) is 0 Å². The number of hydrogen-bond donors (Lipinski definition) is 1. The predicted octanol–water partition coefficient (Wildman–Crippen LogP) is 4.07. The highest BCUT2D eigenvalue weighted by atomic mass is 14.5. The Morgan fingerprint density at radius 3 is 2.47 bits per heavy atom. The highest BCUT2D eigenvalue weighted by Crippen LogP contribution is 2.48. The molecule has 98 valence electrons. The van der Waals surface area contributed by atoms with Crippen LogP contribution in [0.5, 0.6) is 0 Å². The van der Waals surface area contributed by atoms with Crippen LogP contribution in [0.15, 0.2) is 30.3 Å². The van der Waals surface area contributed by atoms with Crippen LogP contribution in [0.4, 0.5) is 0 Å². The van der Waals surface area contributed by atoms with Gasteiger partial charge in [-0.15, -0.1) is 0 Å². The van der Waals surface area contributed by atoms with Crippen molar-refractivity contribution in [1.82, 2.24) is 0 Å². The van der Waals surface area contributed by atoms with E-state index in [0.29, 0.717) is 5.92 Å². The third-order valence-electron chi connectivity index (χ3n) is 4.21. The van der Waals surface area contributed by atoms with E-state index in [1.54, 1.807) is 0 Å². The highest BCUT2D eigenvalue weighted by molar-refractivity contribution is 5.80. The molecule has 19 heavy (non-hydrogen) atoms. The second kappa shape index (κ2) is 4.50. The van der Waals surface area contributed by atoms with Gasteiger partial charge in [-0.3, -0.25) is 0 Å². The summed E-state index contributed by atoms with van der Waals surface area (Å²) in [7, 11) is 0. The summed E-state index contributed by atoms with van der Waals surface area (Å²) < 4.78 is 0. The van der Waals surface area contributed by atoms with Gasteiger partial charge in [0.05, 0.1) is 0 Å². The molecular weight excluding hydrogens is 230 g/mol. The van der Waals surface area contributed by atoms with Crippen molar-refractivity contribution >= 4 is 0 Å². The summed E-state index contributed by atoms with van der Waals surface area (Å²) in [6, 6.07) is 11.4. The first-order valence-corrected chi connectivity index (χ1v) is 7.04. The van der Waals surface area contributed by atoms with Gasteiger partial charge in [0.25, 0.3) is 0 Å². The summed E-state index contributed by atoms with van der Waals surface area (Å²) in [5.41, 5.74) is 15.7. The van der Waals surface area contributed by atoms with Gasteiger partial charge in [-0.1, -0.05) is 41.5 Å². The fraction of sp³-hybridized carbons (Fsp3) is 0.333. The molecule has 1 heteroatoms. The van der Waals surface area contributed by atoms with Crippen molar-refractivity contribution in [1.29, 1.82) is 0 Å². The van der Waals surface area contributed by atoms with E-state index in [1.165, 1.54) is 38.9 Å². The normalized spacial score (nSPS) is 16.3. The van der Waals surface area contributed by atoms with E-state index in [4.69, 9.17) is 5.73 Å². The molecule has 0 heterocycles. The fourth-order valence-electron chi connectivity index (χ4n) is 3.50. The molecule has 3 rings (SSSR count). The minimum Gasteiger partial charge on any atom is -0.330 e. The van der Waals surface area contributed by atoms with Crippen molar-refractivity contribution in [3.63, 3.8) is 0 Å². The van der Waals surface area contributed by atoms with Crippen LogP contribution < -0.4 is 5.73 Å². The van der Waals surface area contributed by atoms with Crippen LogP contribution in [-0.4, -0.2) is 6.54 Å². The summed E-state index contributed by atoms with van der Waals surface area (Å²) in [6.07, 6.45) is 1.04. The van der Waals surface area contributed by atoms with Crippen LogP contribution >= 0.6 is 0 Å². The average Bonchev–Trinajstić information content (AvgIpc) is 2.64. The zero-order chi connectivity index (χ0) is 13.6. The maximum Gasteiger partial charge on any atom is 0.0116 e. The Bertz CT molecular complexity index is 640.